The summed E-state index contributed by atoms with van der Waals surface area (Å²) in [6.45, 7) is 0. The van der Waals surface area contributed by atoms with Crippen LogP contribution in [0.2, 0.25) is 0 Å². The molecule has 0 bridgehead atoms. The quantitative estimate of drug-likeness (QED) is 0.626. The van der Waals surface area contributed by atoms with Crippen molar-refractivity contribution >= 4 is 21.7 Å². The molecule has 0 amide bonds. The maximum absolute atomic E-state index is 13.8. The highest BCUT2D eigenvalue weighted by molar-refractivity contribution is 7.92. The van der Waals surface area contributed by atoms with E-state index in [1.54, 1.807) is 42.5 Å². The summed E-state index contributed by atoms with van der Waals surface area (Å²) in [5.74, 6) is -1.78. The topological polar surface area (TPSA) is 83.5 Å². The molecular formula is C21H18FNO4S. The molecule has 2 N–H and O–H groups in total. The van der Waals surface area contributed by atoms with Gasteiger partial charge in [0.25, 0.3) is 10.0 Å². The van der Waals surface area contributed by atoms with E-state index in [2.05, 4.69) is 4.72 Å². The van der Waals surface area contributed by atoms with Crippen molar-refractivity contribution in [3.05, 3.63) is 95.3 Å². The third kappa shape index (κ3) is 4.75. The lowest BCUT2D eigenvalue weighted by Gasteiger charge is -2.10. The Kier molecular flexibility index (Phi) is 5.75. The number of hydrogen-bond donors (Lipinski definition) is 2. The molecule has 0 aliphatic rings. The van der Waals surface area contributed by atoms with E-state index in [4.69, 9.17) is 5.11 Å². The van der Waals surface area contributed by atoms with Gasteiger partial charge in [0.05, 0.1) is 5.56 Å². The molecule has 3 rings (SSSR count). The number of sulfonamides is 1. The highest BCUT2D eigenvalue weighted by Crippen LogP contribution is 2.20. The van der Waals surface area contributed by atoms with Crippen molar-refractivity contribution in [2.24, 2.45) is 0 Å². The smallest absolute Gasteiger partial charge is 0.335 e. The van der Waals surface area contributed by atoms with Gasteiger partial charge in [-0.15, -0.1) is 0 Å². The number of benzene rings is 3. The van der Waals surface area contributed by atoms with Gasteiger partial charge in [0.1, 0.15) is 10.7 Å². The van der Waals surface area contributed by atoms with E-state index in [0.717, 1.165) is 17.2 Å². The summed E-state index contributed by atoms with van der Waals surface area (Å²) in [4.78, 5) is 10.5. The number of carboxylic acid groups (broad SMARTS) is 1. The molecule has 0 heterocycles. The molecule has 0 radical (unpaired) electrons. The summed E-state index contributed by atoms with van der Waals surface area (Å²) in [6, 6.07) is 18.7. The minimum atomic E-state index is -4.02. The Hall–Kier alpha value is -3.19. The summed E-state index contributed by atoms with van der Waals surface area (Å²) >= 11 is 0. The van der Waals surface area contributed by atoms with Crippen LogP contribution in [0.3, 0.4) is 0 Å². The number of hydrogen-bond acceptors (Lipinski definition) is 3. The molecule has 3 aromatic carbocycles. The molecule has 0 saturated heterocycles. The standard InChI is InChI=1S/C21H18FNO4S/c22-19-6-1-2-7-20(19)28(26,27)23-18-5-3-4-16(14-18)9-8-15-10-12-17(13-11-15)21(24)25/h1-7,10-14,23H,8-9H2,(H,24,25). The molecule has 7 heteroatoms. The molecule has 0 unspecified atom stereocenters. The number of aryl methyl sites for hydroxylation is 2. The van der Waals surface area contributed by atoms with Gasteiger partial charge in [-0.25, -0.2) is 17.6 Å². The van der Waals surface area contributed by atoms with E-state index >= 15 is 0 Å². The average molecular weight is 399 g/mol. The minimum absolute atomic E-state index is 0.230. The van der Waals surface area contributed by atoms with E-state index in [1.165, 1.54) is 18.2 Å². The second-order valence-corrected chi connectivity index (χ2v) is 7.89. The lowest BCUT2D eigenvalue weighted by atomic mass is 10.0. The fourth-order valence-electron chi connectivity index (χ4n) is 2.77. The molecule has 0 fully saturated rings. The van der Waals surface area contributed by atoms with Crippen LogP contribution in [0.5, 0.6) is 0 Å². The zero-order valence-corrected chi connectivity index (χ0v) is 15.6. The molecule has 0 saturated carbocycles. The number of halogens is 1. The number of rotatable bonds is 7. The van der Waals surface area contributed by atoms with Gasteiger partial charge < -0.3 is 5.11 Å². The Morgan fingerprint density at radius 1 is 0.893 bits per heavy atom. The van der Waals surface area contributed by atoms with Gasteiger partial charge in [-0.3, -0.25) is 4.72 Å². The molecule has 3 aromatic rings. The lowest BCUT2D eigenvalue weighted by Crippen LogP contribution is -2.14. The SMILES string of the molecule is O=C(O)c1ccc(CCc2cccc(NS(=O)(=O)c3ccccc3F)c2)cc1. The molecule has 5 nitrogen and oxygen atoms in total. The zero-order chi connectivity index (χ0) is 20.1. The average Bonchev–Trinajstić information content (AvgIpc) is 2.67. The molecule has 0 atom stereocenters. The first-order chi connectivity index (χ1) is 13.3. The number of carbonyl (C=O) groups is 1. The highest BCUT2D eigenvalue weighted by atomic mass is 32.2. The van der Waals surface area contributed by atoms with E-state index in [0.29, 0.717) is 18.5 Å². The van der Waals surface area contributed by atoms with Crippen LogP contribution in [-0.4, -0.2) is 19.5 Å². The molecule has 0 aliphatic carbocycles. The van der Waals surface area contributed by atoms with E-state index < -0.39 is 26.7 Å². The zero-order valence-electron chi connectivity index (χ0n) is 14.8. The molecule has 28 heavy (non-hydrogen) atoms. The van der Waals surface area contributed by atoms with Gasteiger partial charge in [-0.05, 0) is 60.4 Å². The lowest BCUT2D eigenvalue weighted by molar-refractivity contribution is 0.0697. The Balaban J connectivity index is 1.70. The number of nitrogens with one attached hydrogen (secondary N) is 1. The summed E-state index contributed by atoms with van der Waals surface area (Å²) in [7, 11) is -4.02. The van der Waals surface area contributed by atoms with Crippen LogP contribution in [0.1, 0.15) is 21.5 Å². The fourth-order valence-corrected chi connectivity index (χ4v) is 3.90. The Bertz CT molecular complexity index is 1100. The van der Waals surface area contributed by atoms with Gasteiger partial charge >= 0.3 is 5.97 Å². The highest BCUT2D eigenvalue weighted by Gasteiger charge is 2.18. The minimum Gasteiger partial charge on any atom is -0.478 e. The van der Waals surface area contributed by atoms with Crippen molar-refractivity contribution < 1.29 is 22.7 Å². The summed E-state index contributed by atoms with van der Waals surface area (Å²) in [5.41, 5.74) is 2.45. The van der Waals surface area contributed by atoms with Gasteiger partial charge in [0, 0.05) is 5.69 Å². The maximum Gasteiger partial charge on any atom is 0.335 e. The first kappa shape index (κ1) is 19.6. The normalized spacial score (nSPS) is 11.2. The van der Waals surface area contributed by atoms with E-state index in [-0.39, 0.29) is 5.56 Å². The fraction of sp³-hybridized carbons (Fsp3) is 0.0952. The Labute approximate surface area is 162 Å². The van der Waals surface area contributed by atoms with Crippen LogP contribution < -0.4 is 4.72 Å². The van der Waals surface area contributed by atoms with Crippen molar-refractivity contribution in [2.75, 3.05) is 4.72 Å². The summed E-state index contributed by atoms with van der Waals surface area (Å²) in [5, 5.41) is 8.93. The molecule has 144 valence electrons. The van der Waals surface area contributed by atoms with Gasteiger partial charge in [0.15, 0.2) is 0 Å². The van der Waals surface area contributed by atoms with Crippen molar-refractivity contribution in [1.82, 2.24) is 0 Å². The third-order valence-corrected chi connectivity index (χ3v) is 5.62. The van der Waals surface area contributed by atoms with Gasteiger partial charge in [-0.1, -0.05) is 36.4 Å². The predicted molar refractivity (Wildman–Crippen MR) is 104 cm³/mol. The van der Waals surface area contributed by atoms with E-state index in [1.807, 2.05) is 6.07 Å². The van der Waals surface area contributed by atoms with Crippen LogP contribution in [0, 0.1) is 5.82 Å². The summed E-state index contributed by atoms with van der Waals surface area (Å²) in [6.07, 6.45) is 1.31. The monoisotopic (exact) mass is 399 g/mol. The second kappa shape index (κ2) is 8.22. The van der Waals surface area contributed by atoms with Crippen LogP contribution >= 0.6 is 0 Å². The molecule has 0 aliphatic heterocycles. The number of anilines is 1. The van der Waals surface area contributed by atoms with Crippen LogP contribution in [0.25, 0.3) is 0 Å². The first-order valence-corrected chi connectivity index (χ1v) is 10.0. The second-order valence-electron chi connectivity index (χ2n) is 6.24. The number of carboxylic acids is 1. The Morgan fingerprint density at radius 3 is 2.25 bits per heavy atom. The van der Waals surface area contributed by atoms with Crippen molar-refractivity contribution in [3.8, 4) is 0 Å². The summed E-state index contributed by atoms with van der Waals surface area (Å²) < 4.78 is 41.0. The molecular weight excluding hydrogens is 381 g/mol. The predicted octanol–water partition coefficient (Wildman–Crippen LogP) is 4.11. The van der Waals surface area contributed by atoms with Crippen LogP contribution in [0.4, 0.5) is 10.1 Å². The van der Waals surface area contributed by atoms with Crippen molar-refractivity contribution in [2.45, 2.75) is 17.7 Å². The number of aromatic carboxylic acids is 1. The Morgan fingerprint density at radius 2 is 1.57 bits per heavy atom. The molecule has 0 spiro atoms. The van der Waals surface area contributed by atoms with Crippen LogP contribution in [0.15, 0.2) is 77.7 Å². The van der Waals surface area contributed by atoms with Crippen molar-refractivity contribution in [3.63, 3.8) is 0 Å². The third-order valence-electron chi connectivity index (χ3n) is 4.21. The van der Waals surface area contributed by atoms with E-state index in [9.17, 15) is 17.6 Å². The molecule has 0 aromatic heterocycles. The van der Waals surface area contributed by atoms with Crippen molar-refractivity contribution in [1.29, 1.82) is 0 Å². The maximum atomic E-state index is 13.8. The first-order valence-electron chi connectivity index (χ1n) is 8.54. The largest absolute Gasteiger partial charge is 0.478 e. The van der Waals surface area contributed by atoms with Gasteiger partial charge in [0.2, 0.25) is 0 Å². The van der Waals surface area contributed by atoms with Crippen LogP contribution in [-0.2, 0) is 22.9 Å². The van der Waals surface area contributed by atoms with Gasteiger partial charge in [-0.2, -0.15) is 0 Å².